The van der Waals surface area contributed by atoms with Gasteiger partial charge < -0.3 is 10.6 Å². The van der Waals surface area contributed by atoms with Crippen LogP contribution in [0.3, 0.4) is 0 Å². The Labute approximate surface area is 135 Å². The third kappa shape index (κ3) is 3.67. The Morgan fingerprint density at radius 2 is 2.10 bits per heavy atom. The Kier molecular flexibility index (Phi) is 6.79. The van der Waals surface area contributed by atoms with Crippen LogP contribution in [0.2, 0.25) is 4.34 Å². The van der Waals surface area contributed by atoms with Crippen LogP contribution in [-0.4, -0.2) is 23.9 Å². The van der Waals surface area contributed by atoms with Gasteiger partial charge in [-0.3, -0.25) is 4.79 Å². The van der Waals surface area contributed by atoms with E-state index in [9.17, 15) is 4.79 Å². The molecule has 1 amide bonds. The minimum atomic E-state index is -0.308. The molecular weight excluding hydrogens is 315 g/mol. The summed E-state index contributed by atoms with van der Waals surface area (Å²) >= 11 is 7.48. The molecule has 2 rings (SSSR count). The van der Waals surface area contributed by atoms with Gasteiger partial charge in [-0.05, 0) is 31.9 Å². The molecule has 6 heteroatoms. The summed E-state index contributed by atoms with van der Waals surface area (Å²) in [6, 6.07) is 3.88. The number of thiophene rings is 1. The molecule has 1 heterocycles. The van der Waals surface area contributed by atoms with Gasteiger partial charge in [0.05, 0.1) is 16.3 Å². The molecule has 0 aliphatic heterocycles. The zero-order valence-corrected chi connectivity index (χ0v) is 14.1. The van der Waals surface area contributed by atoms with Crippen molar-refractivity contribution in [3.63, 3.8) is 0 Å². The fourth-order valence-electron chi connectivity index (χ4n) is 2.84. The standard InChI is InChI=1S/C14H21ClN2OS.ClH/c1-2-17(9-11-5-6-12(15)19-11)13(18)14(10-16)7-3-4-8-14;/h5-6H,2-4,7-10,16H2,1H3;1H. The van der Waals surface area contributed by atoms with Crippen LogP contribution >= 0.6 is 35.3 Å². The first-order valence-corrected chi connectivity index (χ1v) is 8.04. The highest BCUT2D eigenvalue weighted by molar-refractivity contribution is 7.16. The average Bonchev–Trinajstić information content (AvgIpc) is 3.05. The van der Waals surface area contributed by atoms with Crippen molar-refractivity contribution in [1.29, 1.82) is 0 Å². The van der Waals surface area contributed by atoms with Gasteiger partial charge in [-0.15, -0.1) is 23.7 Å². The first-order chi connectivity index (χ1) is 9.11. The smallest absolute Gasteiger partial charge is 0.230 e. The molecule has 1 aliphatic rings. The number of carbonyl (C=O) groups is 1. The van der Waals surface area contributed by atoms with E-state index < -0.39 is 0 Å². The predicted molar refractivity (Wildman–Crippen MR) is 87.6 cm³/mol. The van der Waals surface area contributed by atoms with Gasteiger partial charge in [0.1, 0.15) is 0 Å². The van der Waals surface area contributed by atoms with Gasteiger partial charge in [0.15, 0.2) is 0 Å². The second kappa shape index (κ2) is 7.64. The maximum absolute atomic E-state index is 12.8. The lowest BCUT2D eigenvalue weighted by molar-refractivity contribution is -0.141. The van der Waals surface area contributed by atoms with E-state index in [-0.39, 0.29) is 23.7 Å². The van der Waals surface area contributed by atoms with Crippen LogP contribution in [0.4, 0.5) is 0 Å². The Balaban J connectivity index is 0.00000200. The van der Waals surface area contributed by atoms with Crippen molar-refractivity contribution in [2.24, 2.45) is 11.1 Å². The van der Waals surface area contributed by atoms with E-state index in [1.807, 2.05) is 24.0 Å². The third-order valence-electron chi connectivity index (χ3n) is 4.05. The van der Waals surface area contributed by atoms with E-state index in [1.54, 1.807) is 0 Å². The van der Waals surface area contributed by atoms with Crippen LogP contribution in [0.5, 0.6) is 0 Å². The summed E-state index contributed by atoms with van der Waals surface area (Å²) in [5.41, 5.74) is 5.59. The van der Waals surface area contributed by atoms with Crippen LogP contribution in [0.25, 0.3) is 0 Å². The summed E-state index contributed by atoms with van der Waals surface area (Å²) in [5.74, 6) is 0.222. The number of carbonyl (C=O) groups excluding carboxylic acids is 1. The van der Waals surface area contributed by atoms with Gasteiger partial charge in [-0.1, -0.05) is 24.4 Å². The minimum absolute atomic E-state index is 0. The molecule has 1 fully saturated rings. The monoisotopic (exact) mass is 336 g/mol. The summed E-state index contributed by atoms with van der Waals surface area (Å²) in [4.78, 5) is 15.8. The van der Waals surface area contributed by atoms with Crippen molar-refractivity contribution in [1.82, 2.24) is 4.90 Å². The molecule has 1 aromatic heterocycles. The summed E-state index contributed by atoms with van der Waals surface area (Å²) in [7, 11) is 0. The molecule has 0 saturated heterocycles. The van der Waals surface area contributed by atoms with Crippen LogP contribution < -0.4 is 5.73 Å². The zero-order valence-electron chi connectivity index (χ0n) is 11.7. The Bertz CT molecular complexity index is 444. The molecule has 1 aliphatic carbocycles. The summed E-state index contributed by atoms with van der Waals surface area (Å²) in [6.07, 6.45) is 4.10. The van der Waals surface area contributed by atoms with Gasteiger partial charge in [0.2, 0.25) is 5.91 Å². The number of amides is 1. The van der Waals surface area contributed by atoms with Crippen LogP contribution in [-0.2, 0) is 11.3 Å². The first-order valence-electron chi connectivity index (χ1n) is 6.85. The van der Waals surface area contributed by atoms with Crippen molar-refractivity contribution in [2.75, 3.05) is 13.1 Å². The highest BCUT2D eigenvalue weighted by atomic mass is 35.5. The highest BCUT2D eigenvalue weighted by Crippen LogP contribution is 2.39. The normalized spacial score (nSPS) is 16.8. The van der Waals surface area contributed by atoms with Gasteiger partial charge >= 0.3 is 0 Å². The predicted octanol–water partition coefficient (Wildman–Crippen LogP) is 3.69. The van der Waals surface area contributed by atoms with Crippen LogP contribution in [0.1, 0.15) is 37.5 Å². The number of rotatable bonds is 5. The molecule has 0 spiro atoms. The molecular formula is C14H22Cl2N2OS. The third-order valence-corrected chi connectivity index (χ3v) is 5.27. The van der Waals surface area contributed by atoms with Crippen molar-refractivity contribution in [3.8, 4) is 0 Å². The van der Waals surface area contributed by atoms with Gasteiger partial charge in [0, 0.05) is 18.0 Å². The molecule has 0 unspecified atom stereocenters. The maximum atomic E-state index is 12.8. The van der Waals surface area contributed by atoms with E-state index in [4.69, 9.17) is 17.3 Å². The lowest BCUT2D eigenvalue weighted by Gasteiger charge is -2.32. The van der Waals surface area contributed by atoms with E-state index in [1.165, 1.54) is 11.3 Å². The SMILES string of the molecule is CCN(Cc1ccc(Cl)s1)C(=O)C1(CN)CCCC1.Cl. The number of hydrogen-bond donors (Lipinski definition) is 1. The molecule has 0 atom stereocenters. The van der Waals surface area contributed by atoms with Crippen LogP contribution in [0.15, 0.2) is 12.1 Å². The molecule has 114 valence electrons. The second-order valence-corrected chi connectivity index (χ2v) is 7.02. The number of hydrogen-bond acceptors (Lipinski definition) is 3. The maximum Gasteiger partial charge on any atom is 0.230 e. The molecule has 0 aromatic carbocycles. The Hall–Kier alpha value is -0.290. The molecule has 0 bridgehead atoms. The van der Waals surface area contributed by atoms with Crippen LogP contribution in [0, 0.1) is 5.41 Å². The number of nitrogens with two attached hydrogens (primary N) is 1. The molecule has 1 saturated carbocycles. The molecule has 3 nitrogen and oxygen atoms in total. The number of halogens is 2. The molecule has 2 N–H and O–H groups in total. The van der Waals surface area contributed by atoms with Gasteiger partial charge in [-0.25, -0.2) is 0 Å². The van der Waals surface area contributed by atoms with Crippen molar-refractivity contribution < 1.29 is 4.79 Å². The minimum Gasteiger partial charge on any atom is -0.337 e. The summed E-state index contributed by atoms with van der Waals surface area (Å²) < 4.78 is 0.771. The van der Waals surface area contributed by atoms with Crippen molar-refractivity contribution in [3.05, 3.63) is 21.3 Å². The summed E-state index contributed by atoms with van der Waals surface area (Å²) in [6.45, 7) is 3.85. The van der Waals surface area contributed by atoms with E-state index in [0.717, 1.165) is 41.4 Å². The fraction of sp³-hybridized carbons (Fsp3) is 0.643. The topological polar surface area (TPSA) is 46.3 Å². The quantitative estimate of drug-likeness (QED) is 0.891. The average molecular weight is 337 g/mol. The second-order valence-electron chi connectivity index (χ2n) is 5.22. The molecule has 20 heavy (non-hydrogen) atoms. The lowest BCUT2D eigenvalue weighted by Crippen LogP contribution is -2.46. The summed E-state index contributed by atoms with van der Waals surface area (Å²) in [5, 5.41) is 0. The largest absolute Gasteiger partial charge is 0.337 e. The number of nitrogens with zero attached hydrogens (tertiary/aromatic N) is 1. The fourth-order valence-corrected chi connectivity index (χ4v) is 3.95. The van der Waals surface area contributed by atoms with E-state index >= 15 is 0 Å². The lowest BCUT2D eigenvalue weighted by atomic mass is 9.84. The van der Waals surface area contributed by atoms with E-state index in [0.29, 0.717) is 13.1 Å². The Morgan fingerprint density at radius 3 is 2.55 bits per heavy atom. The van der Waals surface area contributed by atoms with E-state index in [2.05, 4.69) is 0 Å². The van der Waals surface area contributed by atoms with Gasteiger partial charge in [0.25, 0.3) is 0 Å². The van der Waals surface area contributed by atoms with Crippen molar-refractivity contribution in [2.45, 2.75) is 39.2 Å². The Morgan fingerprint density at radius 1 is 1.45 bits per heavy atom. The van der Waals surface area contributed by atoms with Crippen molar-refractivity contribution >= 4 is 41.3 Å². The highest BCUT2D eigenvalue weighted by Gasteiger charge is 2.41. The van der Waals surface area contributed by atoms with Gasteiger partial charge in [-0.2, -0.15) is 0 Å². The zero-order chi connectivity index (χ0) is 13.9. The first kappa shape index (κ1) is 17.8. The molecule has 1 aromatic rings. The molecule has 0 radical (unpaired) electrons.